The molecular weight excluding hydrogens is 402 g/mol. The molecule has 6 nitrogen and oxygen atoms in total. The van der Waals surface area contributed by atoms with E-state index in [0.29, 0.717) is 13.0 Å². The van der Waals surface area contributed by atoms with Crippen LogP contribution in [0.3, 0.4) is 0 Å². The molecule has 4 rings (SSSR count). The molecule has 1 amide bonds. The van der Waals surface area contributed by atoms with E-state index in [4.69, 9.17) is 9.47 Å². The highest BCUT2D eigenvalue weighted by Crippen LogP contribution is 2.34. The van der Waals surface area contributed by atoms with Gasteiger partial charge < -0.3 is 19.7 Å². The fourth-order valence-corrected chi connectivity index (χ4v) is 4.71. The van der Waals surface area contributed by atoms with E-state index in [-0.39, 0.29) is 5.91 Å². The zero-order valence-electron chi connectivity index (χ0n) is 19.1. The molecule has 0 atom stereocenters. The third-order valence-corrected chi connectivity index (χ3v) is 6.46. The summed E-state index contributed by atoms with van der Waals surface area (Å²) in [5.41, 5.74) is 4.10. The third kappa shape index (κ3) is 6.00. The van der Waals surface area contributed by atoms with Gasteiger partial charge in [-0.1, -0.05) is 31.7 Å². The van der Waals surface area contributed by atoms with Crippen LogP contribution in [0.1, 0.15) is 44.7 Å². The Morgan fingerprint density at radius 2 is 2.00 bits per heavy atom. The van der Waals surface area contributed by atoms with E-state index in [1.54, 1.807) is 0 Å². The number of rotatable bonds is 9. The molecule has 1 saturated carbocycles. The lowest BCUT2D eigenvalue weighted by Gasteiger charge is -2.31. The maximum atomic E-state index is 12.3. The predicted octanol–water partition coefficient (Wildman–Crippen LogP) is 4.22. The number of morpholine rings is 1. The van der Waals surface area contributed by atoms with Gasteiger partial charge >= 0.3 is 0 Å². The Labute approximate surface area is 191 Å². The van der Waals surface area contributed by atoms with Crippen LogP contribution in [-0.4, -0.2) is 50.3 Å². The monoisotopic (exact) mass is 437 g/mol. The molecule has 6 heteroatoms. The standard InChI is InChI=1S/C26H35N3O3/c1-2-32-23-9-10-24(25(18-23)29-13-15-31-16-14-29)21-7-8-22(28-19-21)17-26(30)27-12-11-20-5-3-4-6-20/h7-10,18-20H,2-6,11-17H2,1H3,(H,27,30). The summed E-state index contributed by atoms with van der Waals surface area (Å²) in [6.07, 6.45) is 8.62. The van der Waals surface area contributed by atoms with Crippen molar-refractivity contribution in [2.24, 2.45) is 5.92 Å². The van der Waals surface area contributed by atoms with Crippen molar-refractivity contribution in [3.8, 4) is 16.9 Å². The molecule has 1 aliphatic heterocycles. The quantitative estimate of drug-likeness (QED) is 0.636. The number of ether oxygens (including phenoxy) is 2. The molecule has 2 heterocycles. The van der Waals surface area contributed by atoms with Crippen molar-refractivity contribution >= 4 is 11.6 Å². The van der Waals surface area contributed by atoms with Crippen LogP contribution in [0.4, 0.5) is 5.69 Å². The van der Waals surface area contributed by atoms with Gasteiger partial charge in [-0.05, 0) is 37.5 Å². The molecule has 1 N–H and O–H groups in total. The minimum atomic E-state index is 0.0540. The number of carbonyl (C=O) groups excluding carboxylic acids is 1. The van der Waals surface area contributed by atoms with Crippen LogP contribution in [-0.2, 0) is 16.0 Å². The highest BCUT2D eigenvalue weighted by atomic mass is 16.5. The number of benzene rings is 1. The number of amides is 1. The van der Waals surface area contributed by atoms with Gasteiger partial charge in [-0.2, -0.15) is 0 Å². The number of anilines is 1. The summed E-state index contributed by atoms with van der Waals surface area (Å²) in [6.45, 7) is 6.58. The second kappa shape index (κ2) is 11.3. The van der Waals surface area contributed by atoms with Crippen LogP contribution in [0.25, 0.3) is 11.1 Å². The molecule has 1 aliphatic carbocycles. The number of hydrogen-bond acceptors (Lipinski definition) is 5. The Kier molecular flexibility index (Phi) is 7.99. The van der Waals surface area contributed by atoms with Crippen LogP contribution in [0, 0.1) is 5.92 Å². The normalized spacial score (nSPS) is 16.8. The molecule has 172 valence electrons. The molecule has 2 fully saturated rings. The minimum absolute atomic E-state index is 0.0540. The summed E-state index contributed by atoms with van der Waals surface area (Å²) in [5, 5.41) is 3.06. The molecule has 1 saturated heterocycles. The van der Waals surface area contributed by atoms with Crippen molar-refractivity contribution in [1.29, 1.82) is 0 Å². The first kappa shape index (κ1) is 22.6. The lowest BCUT2D eigenvalue weighted by atomic mass is 10.0. The Morgan fingerprint density at radius 1 is 1.19 bits per heavy atom. The van der Waals surface area contributed by atoms with Crippen molar-refractivity contribution < 1.29 is 14.3 Å². The van der Waals surface area contributed by atoms with E-state index in [1.165, 1.54) is 25.7 Å². The Morgan fingerprint density at radius 3 is 2.72 bits per heavy atom. The van der Waals surface area contributed by atoms with Crippen LogP contribution in [0.2, 0.25) is 0 Å². The molecule has 0 spiro atoms. The van der Waals surface area contributed by atoms with E-state index in [0.717, 1.165) is 73.4 Å². The van der Waals surface area contributed by atoms with Crippen LogP contribution >= 0.6 is 0 Å². The number of nitrogens with zero attached hydrogens (tertiary/aromatic N) is 2. The molecular formula is C26H35N3O3. The van der Waals surface area contributed by atoms with Crippen molar-refractivity contribution in [2.75, 3.05) is 44.4 Å². The van der Waals surface area contributed by atoms with E-state index in [1.807, 2.05) is 25.3 Å². The average Bonchev–Trinajstić information content (AvgIpc) is 3.34. The summed E-state index contributed by atoms with van der Waals surface area (Å²) in [6, 6.07) is 10.2. The molecule has 0 bridgehead atoms. The molecule has 0 unspecified atom stereocenters. The third-order valence-electron chi connectivity index (χ3n) is 6.46. The summed E-state index contributed by atoms with van der Waals surface area (Å²) >= 11 is 0. The molecule has 1 aromatic carbocycles. The number of aromatic nitrogens is 1. The van der Waals surface area contributed by atoms with E-state index < -0.39 is 0 Å². The maximum Gasteiger partial charge on any atom is 0.226 e. The second-order valence-corrected chi connectivity index (χ2v) is 8.72. The number of carbonyl (C=O) groups is 1. The van der Waals surface area contributed by atoms with Gasteiger partial charge in [0.05, 0.1) is 26.2 Å². The lowest BCUT2D eigenvalue weighted by Crippen LogP contribution is -2.36. The predicted molar refractivity (Wildman–Crippen MR) is 127 cm³/mol. The van der Waals surface area contributed by atoms with Gasteiger partial charge in [-0.25, -0.2) is 0 Å². The summed E-state index contributed by atoms with van der Waals surface area (Å²) in [5.74, 6) is 1.72. The highest BCUT2D eigenvalue weighted by Gasteiger charge is 2.18. The summed E-state index contributed by atoms with van der Waals surface area (Å²) in [4.78, 5) is 19.2. The second-order valence-electron chi connectivity index (χ2n) is 8.72. The molecule has 2 aliphatic rings. The summed E-state index contributed by atoms with van der Waals surface area (Å²) in [7, 11) is 0. The zero-order chi connectivity index (χ0) is 22.2. The Bertz CT molecular complexity index is 872. The number of hydrogen-bond donors (Lipinski definition) is 1. The molecule has 1 aromatic heterocycles. The lowest BCUT2D eigenvalue weighted by molar-refractivity contribution is -0.120. The van der Waals surface area contributed by atoms with Gasteiger partial charge in [0.2, 0.25) is 5.91 Å². The average molecular weight is 438 g/mol. The van der Waals surface area contributed by atoms with E-state index >= 15 is 0 Å². The number of pyridine rings is 1. The van der Waals surface area contributed by atoms with Crippen molar-refractivity contribution in [1.82, 2.24) is 10.3 Å². The van der Waals surface area contributed by atoms with E-state index in [2.05, 4.69) is 33.4 Å². The van der Waals surface area contributed by atoms with Crippen LogP contribution in [0.5, 0.6) is 5.75 Å². The van der Waals surface area contributed by atoms with Gasteiger partial charge in [-0.15, -0.1) is 0 Å². The zero-order valence-corrected chi connectivity index (χ0v) is 19.1. The molecule has 0 radical (unpaired) electrons. The first-order valence-corrected chi connectivity index (χ1v) is 12.0. The van der Waals surface area contributed by atoms with Crippen molar-refractivity contribution in [3.63, 3.8) is 0 Å². The largest absolute Gasteiger partial charge is 0.494 e. The van der Waals surface area contributed by atoms with Gasteiger partial charge in [0.15, 0.2) is 0 Å². The van der Waals surface area contributed by atoms with Crippen LogP contribution < -0.4 is 15.0 Å². The van der Waals surface area contributed by atoms with Crippen LogP contribution in [0.15, 0.2) is 36.5 Å². The molecule has 32 heavy (non-hydrogen) atoms. The van der Waals surface area contributed by atoms with E-state index in [9.17, 15) is 4.79 Å². The minimum Gasteiger partial charge on any atom is -0.494 e. The first-order chi connectivity index (χ1) is 15.7. The fourth-order valence-electron chi connectivity index (χ4n) is 4.71. The maximum absolute atomic E-state index is 12.3. The van der Waals surface area contributed by atoms with Crippen molar-refractivity contribution in [2.45, 2.75) is 45.4 Å². The highest BCUT2D eigenvalue weighted by molar-refractivity contribution is 5.80. The fraction of sp³-hybridized carbons (Fsp3) is 0.538. The van der Waals surface area contributed by atoms with Gasteiger partial charge in [0.1, 0.15) is 5.75 Å². The SMILES string of the molecule is CCOc1ccc(-c2ccc(CC(=O)NCCC3CCCC3)nc2)c(N2CCOCC2)c1. The van der Waals surface area contributed by atoms with Gasteiger partial charge in [0.25, 0.3) is 0 Å². The van der Waals surface area contributed by atoms with Gasteiger partial charge in [0, 0.05) is 54.4 Å². The summed E-state index contributed by atoms with van der Waals surface area (Å²) < 4.78 is 11.3. The van der Waals surface area contributed by atoms with Gasteiger partial charge in [-0.3, -0.25) is 9.78 Å². The smallest absolute Gasteiger partial charge is 0.226 e. The Balaban J connectivity index is 1.40. The topological polar surface area (TPSA) is 63.7 Å². The Hall–Kier alpha value is -2.60. The first-order valence-electron chi connectivity index (χ1n) is 12.0. The molecule has 2 aromatic rings. The number of nitrogens with one attached hydrogen (secondary N) is 1. The van der Waals surface area contributed by atoms with Crippen molar-refractivity contribution in [3.05, 3.63) is 42.2 Å².